The lowest BCUT2D eigenvalue weighted by Gasteiger charge is -2.25. The Hall–Kier alpha value is -1.56. The highest BCUT2D eigenvalue weighted by Crippen LogP contribution is 2.04. The van der Waals surface area contributed by atoms with E-state index in [1.54, 1.807) is 33.2 Å². The van der Waals surface area contributed by atoms with Crippen LogP contribution in [-0.2, 0) is 11.3 Å². The summed E-state index contributed by atoms with van der Waals surface area (Å²) in [7, 11) is 1.65. The second kappa shape index (κ2) is 4.52. The predicted molar refractivity (Wildman–Crippen MR) is 60.6 cm³/mol. The number of aromatic nitrogens is 2. The van der Waals surface area contributed by atoms with E-state index < -0.39 is 5.60 Å². The van der Waals surface area contributed by atoms with Crippen LogP contribution in [-0.4, -0.2) is 44.9 Å². The molecule has 0 saturated carbocycles. The third-order valence-corrected chi connectivity index (χ3v) is 2.01. The summed E-state index contributed by atoms with van der Waals surface area (Å²) >= 11 is 0. The van der Waals surface area contributed by atoms with Gasteiger partial charge in [-0.25, -0.2) is 0 Å². The summed E-state index contributed by atoms with van der Waals surface area (Å²) < 4.78 is 1.47. The number of hydrogen-bond donors (Lipinski definition) is 2. The fraction of sp³-hybridized carbons (Fsp3) is 0.600. The topological polar surface area (TPSA) is 84.4 Å². The molecule has 6 heteroatoms. The second-order valence-electron chi connectivity index (χ2n) is 4.50. The van der Waals surface area contributed by atoms with Crippen LogP contribution in [0.2, 0.25) is 0 Å². The van der Waals surface area contributed by atoms with E-state index in [0.29, 0.717) is 5.82 Å². The molecule has 0 aliphatic carbocycles. The van der Waals surface area contributed by atoms with E-state index in [4.69, 9.17) is 5.73 Å². The Kier molecular flexibility index (Phi) is 3.54. The number of nitrogens with two attached hydrogens (primary N) is 1. The van der Waals surface area contributed by atoms with Crippen LogP contribution in [0.1, 0.15) is 13.8 Å². The number of nitrogen functional groups attached to an aromatic ring is 1. The number of rotatable bonds is 4. The molecule has 1 aromatic rings. The molecule has 0 atom stereocenters. The smallest absolute Gasteiger partial charge is 0.244 e. The Balaban J connectivity index is 2.52. The van der Waals surface area contributed by atoms with Crippen LogP contribution in [0.3, 0.4) is 0 Å². The van der Waals surface area contributed by atoms with Crippen molar-refractivity contribution in [1.29, 1.82) is 0 Å². The van der Waals surface area contributed by atoms with Gasteiger partial charge in [0, 0.05) is 19.8 Å². The lowest BCUT2D eigenvalue weighted by atomic mass is 10.1. The Morgan fingerprint density at radius 2 is 2.31 bits per heavy atom. The molecule has 3 N–H and O–H groups in total. The van der Waals surface area contributed by atoms with Crippen molar-refractivity contribution in [3.8, 4) is 0 Å². The summed E-state index contributed by atoms with van der Waals surface area (Å²) in [6, 6.07) is 1.63. The Labute approximate surface area is 94.6 Å². The number of amides is 1. The van der Waals surface area contributed by atoms with Gasteiger partial charge in [-0.1, -0.05) is 0 Å². The average Bonchev–Trinajstić information content (AvgIpc) is 2.48. The van der Waals surface area contributed by atoms with Crippen LogP contribution in [0.15, 0.2) is 12.3 Å². The fourth-order valence-corrected chi connectivity index (χ4v) is 1.39. The number of anilines is 1. The Morgan fingerprint density at radius 1 is 1.69 bits per heavy atom. The van der Waals surface area contributed by atoms with E-state index in [1.807, 2.05) is 0 Å². The molecule has 0 aliphatic rings. The van der Waals surface area contributed by atoms with Crippen LogP contribution >= 0.6 is 0 Å². The van der Waals surface area contributed by atoms with Gasteiger partial charge in [-0.3, -0.25) is 9.48 Å². The molecule has 1 heterocycles. The zero-order valence-corrected chi connectivity index (χ0v) is 9.84. The largest absolute Gasteiger partial charge is 0.389 e. The van der Waals surface area contributed by atoms with Crippen molar-refractivity contribution in [2.24, 2.45) is 0 Å². The van der Waals surface area contributed by atoms with Crippen LogP contribution in [0, 0.1) is 0 Å². The standard InChI is InChI=1S/C10H18N4O2/c1-10(2,16)7-13(3)9(15)6-14-5-4-8(11)12-14/h4-5,16H,6-7H2,1-3H3,(H2,11,12). The number of likely N-dealkylation sites (N-methyl/N-ethyl adjacent to an activating group) is 1. The van der Waals surface area contributed by atoms with E-state index in [1.165, 1.54) is 9.58 Å². The molecule has 0 unspecified atom stereocenters. The van der Waals surface area contributed by atoms with Crippen LogP contribution in [0.25, 0.3) is 0 Å². The molecule has 1 aromatic heterocycles. The monoisotopic (exact) mass is 226 g/mol. The number of aliphatic hydroxyl groups is 1. The minimum Gasteiger partial charge on any atom is -0.389 e. The molecule has 0 fully saturated rings. The summed E-state index contributed by atoms with van der Waals surface area (Å²) in [5, 5.41) is 13.5. The van der Waals surface area contributed by atoms with Crippen molar-refractivity contribution in [3.05, 3.63) is 12.3 Å². The van der Waals surface area contributed by atoms with Gasteiger partial charge in [0.05, 0.1) is 5.60 Å². The number of nitrogens with zero attached hydrogens (tertiary/aromatic N) is 3. The maximum Gasteiger partial charge on any atom is 0.244 e. The van der Waals surface area contributed by atoms with E-state index in [-0.39, 0.29) is 19.0 Å². The maximum atomic E-state index is 11.7. The normalized spacial score (nSPS) is 11.5. The third kappa shape index (κ3) is 3.90. The highest BCUT2D eigenvalue weighted by Gasteiger charge is 2.19. The van der Waals surface area contributed by atoms with E-state index in [2.05, 4.69) is 5.10 Å². The number of carbonyl (C=O) groups is 1. The Morgan fingerprint density at radius 3 is 2.75 bits per heavy atom. The third-order valence-electron chi connectivity index (χ3n) is 2.01. The van der Waals surface area contributed by atoms with E-state index in [9.17, 15) is 9.90 Å². The molecule has 1 rings (SSSR count). The zero-order valence-electron chi connectivity index (χ0n) is 9.84. The molecular weight excluding hydrogens is 208 g/mol. The molecule has 0 spiro atoms. The highest BCUT2D eigenvalue weighted by atomic mass is 16.3. The van der Waals surface area contributed by atoms with Gasteiger partial charge < -0.3 is 15.7 Å². The Bertz CT molecular complexity index is 367. The maximum absolute atomic E-state index is 11.7. The molecule has 6 nitrogen and oxygen atoms in total. The molecular formula is C10H18N4O2. The minimum atomic E-state index is -0.895. The molecule has 0 aliphatic heterocycles. The van der Waals surface area contributed by atoms with Gasteiger partial charge in [-0.2, -0.15) is 5.10 Å². The van der Waals surface area contributed by atoms with Crippen molar-refractivity contribution >= 4 is 11.7 Å². The lowest BCUT2D eigenvalue weighted by molar-refractivity contribution is -0.133. The van der Waals surface area contributed by atoms with Crippen molar-refractivity contribution < 1.29 is 9.90 Å². The van der Waals surface area contributed by atoms with Crippen molar-refractivity contribution in [1.82, 2.24) is 14.7 Å². The van der Waals surface area contributed by atoms with Crippen LogP contribution in [0.5, 0.6) is 0 Å². The molecule has 0 saturated heterocycles. The lowest BCUT2D eigenvalue weighted by Crippen LogP contribution is -2.41. The minimum absolute atomic E-state index is 0.120. The van der Waals surface area contributed by atoms with Crippen LogP contribution < -0.4 is 5.73 Å². The number of hydrogen-bond acceptors (Lipinski definition) is 4. The second-order valence-corrected chi connectivity index (χ2v) is 4.50. The zero-order chi connectivity index (χ0) is 12.3. The van der Waals surface area contributed by atoms with Gasteiger partial charge in [-0.05, 0) is 19.9 Å². The highest BCUT2D eigenvalue weighted by molar-refractivity contribution is 5.75. The first kappa shape index (κ1) is 12.5. The van der Waals surface area contributed by atoms with Gasteiger partial charge in [0.1, 0.15) is 12.4 Å². The van der Waals surface area contributed by atoms with Crippen molar-refractivity contribution in [3.63, 3.8) is 0 Å². The predicted octanol–water partition coefficient (Wildman–Crippen LogP) is -0.305. The quantitative estimate of drug-likeness (QED) is 0.738. The fourth-order valence-electron chi connectivity index (χ4n) is 1.39. The van der Waals surface area contributed by atoms with E-state index in [0.717, 1.165) is 0 Å². The van der Waals surface area contributed by atoms with Gasteiger partial charge in [0.15, 0.2) is 0 Å². The number of carbonyl (C=O) groups excluding carboxylic acids is 1. The van der Waals surface area contributed by atoms with Crippen LogP contribution in [0.4, 0.5) is 5.82 Å². The molecule has 16 heavy (non-hydrogen) atoms. The molecule has 0 aromatic carbocycles. The van der Waals surface area contributed by atoms with Crippen molar-refractivity contribution in [2.45, 2.75) is 26.0 Å². The first-order valence-electron chi connectivity index (χ1n) is 5.03. The summed E-state index contributed by atoms with van der Waals surface area (Å²) in [5.41, 5.74) is 4.54. The average molecular weight is 226 g/mol. The molecule has 0 bridgehead atoms. The summed E-state index contributed by atoms with van der Waals surface area (Å²) in [6.45, 7) is 3.72. The molecule has 1 amide bonds. The van der Waals surface area contributed by atoms with Crippen molar-refractivity contribution in [2.75, 3.05) is 19.3 Å². The first-order chi connectivity index (χ1) is 7.28. The first-order valence-corrected chi connectivity index (χ1v) is 5.03. The van der Waals surface area contributed by atoms with Gasteiger partial charge in [0.25, 0.3) is 0 Å². The summed E-state index contributed by atoms with van der Waals surface area (Å²) in [6.07, 6.45) is 1.64. The summed E-state index contributed by atoms with van der Waals surface area (Å²) in [4.78, 5) is 13.2. The van der Waals surface area contributed by atoms with Gasteiger partial charge in [0.2, 0.25) is 5.91 Å². The van der Waals surface area contributed by atoms with E-state index >= 15 is 0 Å². The van der Waals surface area contributed by atoms with Gasteiger partial charge >= 0.3 is 0 Å². The van der Waals surface area contributed by atoms with Gasteiger partial charge in [-0.15, -0.1) is 0 Å². The molecule has 0 radical (unpaired) electrons. The SMILES string of the molecule is CN(CC(C)(C)O)C(=O)Cn1ccc(N)n1. The summed E-state index contributed by atoms with van der Waals surface area (Å²) in [5.74, 6) is 0.267. The molecule has 90 valence electrons.